The summed E-state index contributed by atoms with van der Waals surface area (Å²) in [7, 11) is 0. The molecule has 2 aromatic rings. The Morgan fingerprint density at radius 1 is 1.16 bits per heavy atom. The molecule has 0 saturated heterocycles. The molecule has 1 heterocycles. The molecule has 0 saturated carbocycles. The molecule has 0 atom stereocenters. The van der Waals surface area contributed by atoms with E-state index in [0.29, 0.717) is 5.82 Å². The van der Waals surface area contributed by atoms with E-state index in [-0.39, 0.29) is 0 Å². The summed E-state index contributed by atoms with van der Waals surface area (Å²) in [6, 6.07) is 10.1. The summed E-state index contributed by atoms with van der Waals surface area (Å²) in [6.45, 7) is 4.24. The highest BCUT2D eigenvalue weighted by Gasteiger charge is 2.03. The molecule has 4 heteroatoms. The van der Waals surface area contributed by atoms with Crippen molar-refractivity contribution in [1.29, 1.82) is 0 Å². The molecule has 0 amide bonds. The van der Waals surface area contributed by atoms with Crippen molar-refractivity contribution >= 4 is 17.3 Å². The van der Waals surface area contributed by atoms with Crippen molar-refractivity contribution in [2.24, 2.45) is 0 Å². The maximum atomic E-state index is 5.81. The molecular formula is C15H20N4. The van der Waals surface area contributed by atoms with Crippen LogP contribution in [-0.2, 0) is 12.8 Å². The van der Waals surface area contributed by atoms with Crippen molar-refractivity contribution in [3.8, 4) is 0 Å². The van der Waals surface area contributed by atoms with Gasteiger partial charge >= 0.3 is 0 Å². The van der Waals surface area contributed by atoms with E-state index in [1.54, 1.807) is 6.07 Å². The Labute approximate surface area is 114 Å². The summed E-state index contributed by atoms with van der Waals surface area (Å²) in [5.74, 6) is 2.05. The normalized spacial score (nSPS) is 10.4. The lowest BCUT2D eigenvalue weighted by Gasteiger charge is -2.09. The number of rotatable bonds is 5. The lowest BCUT2D eigenvalue weighted by Crippen LogP contribution is -2.03. The number of nitrogen functional groups attached to an aromatic ring is 1. The first-order valence-electron chi connectivity index (χ1n) is 6.70. The molecule has 0 fully saturated rings. The van der Waals surface area contributed by atoms with E-state index in [4.69, 9.17) is 5.73 Å². The van der Waals surface area contributed by atoms with Gasteiger partial charge in [0.05, 0.1) is 0 Å². The summed E-state index contributed by atoms with van der Waals surface area (Å²) < 4.78 is 0. The molecule has 100 valence electrons. The van der Waals surface area contributed by atoms with Gasteiger partial charge in [0.25, 0.3) is 0 Å². The third-order valence-corrected chi connectivity index (χ3v) is 2.87. The molecular weight excluding hydrogens is 236 g/mol. The number of aryl methyl sites for hydroxylation is 2. The molecule has 0 spiro atoms. The smallest absolute Gasteiger partial charge is 0.136 e. The van der Waals surface area contributed by atoms with Crippen LogP contribution < -0.4 is 11.1 Å². The van der Waals surface area contributed by atoms with Gasteiger partial charge in [0.15, 0.2) is 0 Å². The summed E-state index contributed by atoms with van der Waals surface area (Å²) in [5.41, 5.74) is 8.13. The molecule has 3 N–H and O–H groups in total. The van der Waals surface area contributed by atoms with E-state index < -0.39 is 0 Å². The molecule has 0 unspecified atom stereocenters. The van der Waals surface area contributed by atoms with Crippen LogP contribution in [0.4, 0.5) is 17.3 Å². The molecule has 19 heavy (non-hydrogen) atoms. The predicted molar refractivity (Wildman–Crippen MR) is 79.5 cm³/mol. The Bertz CT molecular complexity index is 552. The third-order valence-electron chi connectivity index (χ3n) is 2.87. The van der Waals surface area contributed by atoms with Crippen LogP contribution in [0.1, 0.15) is 31.7 Å². The van der Waals surface area contributed by atoms with Crippen molar-refractivity contribution in [2.75, 3.05) is 11.1 Å². The molecule has 2 rings (SSSR count). The first-order valence-corrected chi connectivity index (χ1v) is 6.70. The van der Waals surface area contributed by atoms with Gasteiger partial charge in [-0.1, -0.05) is 26.0 Å². The fourth-order valence-electron chi connectivity index (χ4n) is 1.93. The van der Waals surface area contributed by atoms with Gasteiger partial charge in [0.1, 0.15) is 17.5 Å². The Morgan fingerprint density at radius 3 is 2.74 bits per heavy atom. The van der Waals surface area contributed by atoms with Crippen molar-refractivity contribution in [1.82, 2.24) is 9.97 Å². The number of hydrogen-bond acceptors (Lipinski definition) is 4. The molecule has 1 aromatic carbocycles. The highest BCUT2D eigenvalue weighted by Crippen LogP contribution is 2.18. The van der Waals surface area contributed by atoms with E-state index in [1.807, 2.05) is 12.1 Å². The zero-order valence-electron chi connectivity index (χ0n) is 11.5. The van der Waals surface area contributed by atoms with Crippen LogP contribution in [0.3, 0.4) is 0 Å². The third kappa shape index (κ3) is 3.68. The van der Waals surface area contributed by atoms with E-state index in [1.165, 1.54) is 5.56 Å². The second-order valence-corrected chi connectivity index (χ2v) is 4.52. The molecule has 4 nitrogen and oxygen atoms in total. The summed E-state index contributed by atoms with van der Waals surface area (Å²) in [6.07, 6.45) is 2.87. The first-order chi connectivity index (χ1) is 9.21. The molecule has 0 aliphatic heterocycles. The Balaban J connectivity index is 2.22. The zero-order valence-corrected chi connectivity index (χ0v) is 11.5. The highest BCUT2D eigenvalue weighted by molar-refractivity contribution is 5.59. The van der Waals surface area contributed by atoms with Gasteiger partial charge in [-0.3, -0.25) is 0 Å². The van der Waals surface area contributed by atoms with Crippen molar-refractivity contribution in [2.45, 2.75) is 33.1 Å². The zero-order chi connectivity index (χ0) is 13.7. The number of nitrogens with two attached hydrogens (primary N) is 1. The van der Waals surface area contributed by atoms with E-state index in [9.17, 15) is 0 Å². The largest absolute Gasteiger partial charge is 0.384 e. The fourth-order valence-corrected chi connectivity index (χ4v) is 1.93. The van der Waals surface area contributed by atoms with Crippen LogP contribution in [0, 0.1) is 0 Å². The highest BCUT2D eigenvalue weighted by atomic mass is 15.0. The maximum absolute atomic E-state index is 5.81. The average molecular weight is 256 g/mol. The van der Waals surface area contributed by atoms with Gasteiger partial charge in [-0.25, -0.2) is 9.97 Å². The van der Waals surface area contributed by atoms with Crippen LogP contribution in [0.25, 0.3) is 0 Å². The maximum Gasteiger partial charge on any atom is 0.136 e. The second kappa shape index (κ2) is 6.18. The van der Waals surface area contributed by atoms with Crippen LogP contribution in [0.5, 0.6) is 0 Å². The number of nitrogens with one attached hydrogen (secondary N) is 1. The summed E-state index contributed by atoms with van der Waals surface area (Å²) in [4.78, 5) is 8.70. The van der Waals surface area contributed by atoms with Gasteiger partial charge in [0.2, 0.25) is 0 Å². The minimum Gasteiger partial charge on any atom is -0.384 e. The Hall–Kier alpha value is -2.10. The van der Waals surface area contributed by atoms with Crippen molar-refractivity contribution in [3.05, 3.63) is 41.7 Å². The molecule has 0 aliphatic rings. The van der Waals surface area contributed by atoms with Crippen molar-refractivity contribution in [3.63, 3.8) is 0 Å². The van der Waals surface area contributed by atoms with Gasteiger partial charge in [-0.15, -0.1) is 0 Å². The standard InChI is InChI=1S/C15H20N4/c1-3-6-14-18-13(16)10-15(19-14)17-12-8-5-7-11(4-2)9-12/h5,7-10H,3-4,6H2,1-2H3,(H3,16,17,18,19). The minimum absolute atomic E-state index is 0.507. The number of benzene rings is 1. The quantitative estimate of drug-likeness (QED) is 0.861. The van der Waals surface area contributed by atoms with E-state index >= 15 is 0 Å². The Kier molecular flexibility index (Phi) is 4.34. The number of aromatic nitrogens is 2. The van der Waals surface area contributed by atoms with Crippen molar-refractivity contribution < 1.29 is 0 Å². The topological polar surface area (TPSA) is 63.8 Å². The molecule has 0 bridgehead atoms. The van der Waals surface area contributed by atoms with Gasteiger partial charge in [0, 0.05) is 18.2 Å². The average Bonchev–Trinajstić information content (AvgIpc) is 2.38. The monoisotopic (exact) mass is 256 g/mol. The molecule has 1 aromatic heterocycles. The summed E-state index contributed by atoms with van der Waals surface area (Å²) >= 11 is 0. The lowest BCUT2D eigenvalue weighted by atomic mass is 10.1. The number of nitrogens with zero attached hydrogens (tertiary/aromatic N) is 2. The molecule has 0 radical (unpaired) electrons. The first kappa shape index (κ1) is 13.3. The van der Waals surface area contributed by atoms with Crippen LogP contribution in [0.2, 0.25) is 0 Å². The van der Waals surface area contributed by atoms with Crippen LogP contribution in [0.15, 0.2) is 30.3 Å². The lowest BCUT2D eigenvalue weighted by molar-refractivity contribution is 0.839. The summed E-state index contributed by atoms with van der Waals surface area (Å²) in [5, 5.41) is 3.29. The number of hydrogen-bond donors (Lipinski definition) is 2. The minimum atomic E-state index is 0.507. The van der Waals surface area contributed by atoms with Crippen LogP contribution >= 0.6 is 0 Å². The number of anilines is 3. The van der Waals surface area contributed by atoms with E-state index in [0.717, 1.165) is 36.6 Å². The van der Waals surface area contributed by atoms with Gasteiger partial charge < -0.3 is 11.1 Å². The van der Waals surface area contributed by atoms with Gasteiger partial charge in [-0.05, 0) is 30.5 Å². The molecule has 0 aliphatic carbocycles. The Morgan fingerprint density at radius 2 is 2.00 bits per heavy atom. The van der Waals surface area contributed by atoms with Crippen LogP contribution in [-0.4, -0.2) is 9.97 Å². The predicted octanol–water partition coefficient (Wildman–Crippen LogP) is 3.32. The van der Waals surface area contributed by atoms with Gasteiger partial charge in [-0.2, -0.15) is 0 Å². The SMILES string of the molecule is CCCc1nc(N)cc(Nc2cccc(CC)c2)n1. The second-order valence-electron chi connectivity index (χ2n) is 4.52. The van der Waals surface area contributed by atoms with E-state index in [2.05, 4.69) is 41.3 Å². The fraction of sp³-hybridized carbons (Fsp3) is 0.333.